The van der Waals surface area contributed by atoms with Gasteiger partial charge in [-0.25, -0.2) is 4.79 Å². The first-order valence-corrected chi connectivity index (χ1v) is 6.45. The number of aromatic nitrogens is 2. The highest BCUT2D eigenvalue weighted by Gasteiger charge is 2.10. The Morgan fingerprint density at radius 3 is 2.50 bits per heavy atom. The number of rotatable bonds is 4. The fraction of sp³-hybridized carbons (Fsp3) is 0.214. The number of nitrogens with zero attached hydrogens (tertiary/aromatic N) is 1. The third-order valence-corrected chi connectivity index (χ3v) is 3.23. The summed E-state index contributed by atoms with van der Waals surface area (Å²) in [4.78, 5) is 37.4. The van der Waals surface area contributed by atoms with Crippen molar-refractivity contribution >= 4 is 17.4 Å². The van der Waals surface area contributed by atoms with Gasteiger partial charge in [-0.3, -0.25) is 14.2 Å². The van der Waals surface area contributed by atoms with Crippen LogP contribution < -0.4 is 11.2 Å². The van der Waals surface area contributed by atoms with Crippen molar-refractivity contribution < 1.29 is 4.79 Å². The molecule has 6 heteroatoms. The van der Waals surface area contributed by atoms with E-state index in [0.29, 0.717) is 11.4 Å². The third kappa shape index (κ3) is 3.05. The molecule has 0 radical (unpaired) electrons. The van der Waals surface area contributed by atoms with E-state index >= 15 is 0 Å². The standard InChI is InChI=1S/C14H13ClN2O3/c1-9(18)12-8-16-14(20)17(13(12)19)7-6-10-2-4-11(15)5-3-10/h2-5,8H,6-7H2,1H3,(H,16,20). The predicted octanol–water partition coefficient (Wildman–Crippen LogP) is 1.64. The van der Waals surface area contributed by atoms with Crippen LogP contribution in [0.15, 0.2) is 40.1 Å². The van der Waals surface area contributed by atoms with E-state index in [9.17, 15) is 14.4 Å². The summed E-state index contributed by atoms with van der Waals surface area (Å²) in [6.45, 7) is 1.50. The molecule has 0 saturated heterocycles. The van der Waals surface area contributed by atoms with Gasteiger partial charge in [-0.2, -0.15) is 0 Å². The van der Waals surface area contributed by atoms with Gasteiger partial charge in [0.1, 0.15) is 0 Å². The van der Waals surface area contributed by atoms with Crippen LogP contribution in [-0.4, -0.2) is 15.3 Å². The summed E-state index contributed by atoms with van der Waals surface area (Å²) in [5.74, 6) is -0.369. The Balaban J connectivity index is 2.27. The lowest BCUT2D eigenvalue weighted by Crippen LogP contribution is -2.38. The number of hydrogen-bond donors (Lipinski definition) is 1. The molecule has 0 spiro atoms. The summed E-state index contributed by atoms with van der Waals surface area (Å²) in [5, 5.41) is 0.627. The number of ketones is 1. The minimum atomic E-state index is -0.560. The van der Waals surface area contributed by atoms with Gasteiger partial charge in [0, 0.05) is 17.8 Å². The molecule has 0 fully saturated rings. The second-order valence-electron chi connectivity index (χ2n) is 4.40. The zero-order valence-corrected chi connectivity index (χ0v) is 11.6. The van der Waals surface area contributed by atoms with Gasteiger partial charge >= 0.3 is 5.69 Å². The number of hydrogen-bond acceptors (Lipinski definition) is 3. The summed E-state index contributed by atoms with van der Waals surface area (Å²) in [5.41, 5.74) is -0.140. The van der Waals surface area contributed by atoms with Crippen LogP contribution in [-0.2, 0) is 13.0 Å². The summed E-state index contributed by atoms with van der Waals surface area (Å²) in [6.07, 6.45) is 1.66. The third-order valence-electron chi connectivity index (χ3n) is 2.98. The molecular weight excluding hydrogens is 280 g/mol. The van der Waals surface area contributed by atoms with E-state index in [1.165, 1.54) is 6.92 Å². The maximum atomic E-state index is 12.0. The van der Waals surface area contributed by atoms with Gasteiger partial charge in [0.05, 0.1) is 5.56 Å². The van der Waals surface area contributed by atoms with E-state index in [0.717, 1.165) is 16.3 Å². The molecule has 0 aliphatic carbocycles. The van der Waals surface area contributed by atoms with E-state index in [1.807, 2.05) is 12.1 Å². The molecule has 1 aromatic heterocycles. The monoisotopic (exact) mass is 292 g/mol. The van der Waals surface area contributed by atoms with E-state index in [1.54, 1.807) is 12.1 Å². The zero-order chi connectivity index (χ0) is 14.7. The molecule has 1 heterocycles. The number of aromatic amines is 1. The van der Waals surface area contributed by atoms with Crippen molar-refractivity contribution in [1.82, 2.24) is 9.55 Å². The van der Waals surface area contributed by atoms with Gasteiger partial charge in [-0.1, -0.05) is 23.7 Å². The molecule has 0 amide bonds. The van der Waals surface area contributed by atoms with Crippen molar-refractivity contribution in [3.05, 3.63) is 67.4 Å². The Morgan fingerprint density at radius 2 is 1.90 bits per heavy atom. The summed E-state index contributed by atoms with van der Waals surface area (Å²) >= 11 is 5.79. The fourth-order valence-corrected chi connectivity index (χ4v) is 1.98. The van der Waals surface area contributed by atoms with Crippen molar-refractivity contribution in [2.75, 3.05) is 0 Å². The molecule has 2 aromatic rings. The Morgan fingerprint density at radius 1 is 1.25 bits per heavy atom. The first-order valence-electron chi connectivity index (χ1n) is 6.07. The molecule has 0 bridgehead atoms. The van der Waals surface area contributed by atoms with Crippen LogP contribution in [0.2, 0.25) is 5.02 Å². The summed E-state index contributed by atoms with van der Waals surface area (Å²) in [6, 6.07) is 7.15. The molecule has 0 atom stereocenters. The Bertz CT molecular complexity index is 744. The first kappa shape index (κ1) is 14.3. The topological polar surface area (TPSA) is 71.9 Å². The SMILES string of the molecule is CC(=O)c1c[nH]c(=O)n(CCc2ccc(Cl)cc2)c1=O. The average Bonchev–Trinajstić information content (AvgIpc) is 2.40. The van der Waals surface area contributed by atoms with Crippen LogP contribution in [0.3, 0.4) is 0 Å². The molecule has 1 aromatic carbocycles. The quantitative estimate of drug-likeness (QED) is 0.871. The number of H-pyrrole nitrogens is 1. The number of nitrogens with one attached hydrogen (secondary N) is 1. The van der Waals surface area contributed by atoms with Gasteiger partial charge in [0.25, 0.3) is 5.56 Å². The molecule has 0 aliphatic rings. The Hall–Kier alpha value is -2.14. The molecular formula is C14H13ClN2O3. The number of carbonyl (C=O) groups is 1. The van der Waals surface area contributed by atoms with Crippen LogP contribution in [0, 0.1) is 0 Å². The number of Topliss-reactive ketones (excluding diaryl/α,β-unsaturated/α-hetero) is 1. The van der Waals surface area contributed by atoms with Crippen LogP contribution in [0.1, 0.15) is 22.8 Å². The summed E-state index contributed by atoms with van der Waals surface area (Å²) in [7, 11) is 0. The minimum Gasteiger partial charge on any atom is -0.313 e. The number of benzene rings is 1. The second kappa shape index (κ2) is 5.88. The van der Waals surface area contributed by atoms with E-state index < -0.39 is 11.2 Å². The number of halogens is 1. The maximum absolute atomic E-state index is 12.0. The smallest absolute Gasteiger partial charge is 0.313 e. The molecule has 5 nitrogen and oxygen atoms in total. The van der Waals surface area contributed by atoms with Crippen molar-refractivity contribution in [3.8, 4) is 0 Å². The first-order chi connectivity index (χ1) is 9.49. The maximum Gasteiger partial charge on any atom is 0.328 e. The van der Waals surface area contributed by atoms with E-state index in [4.69, 9.17) is 11.6 Å². The molecule has 1 N–H and O–H groups in total. The number of aryl methyl sites for hydroxylation is 1. The lowest BCUT2D eigenvalue weighted by Gasteiger charge is -2.06. The Labute approximate surface area is 119 Å². The van der Waals surface area contributed by atoms with Gasteiger partial charge < -0.3 is 4.98 Å². The van der Waals surface area contributed by atoms with Crippen LogP contribution in [0.4, 0.5) is 0 Å². The van der Waals surface area contributed by atoms with Crippen LogP contribution in [0.5, 0.6) is 0 Å². The second-order valence-corrected chi connectivity index (χ2v) is 4.83. The van der Waals surface area contributed by atoms with Crippen molar-refractivity contribution in [1.29, 1.82) is 0 Å². The van der Waals surface area contributed by atoms with Crippen molar-refractivity contribution in [3.63, 3.8) is 0 Å². The van der Waals surface area contributed by atoms with Crippen molar-refractivity contribution in [2.45, 2.75) is 19.9 Å². The highest BCUT2D eigenvalue weighted by molar-refractivity contribution is 6.30. The van der Waals surface area contributed by atoms with Crippen LogP contribution in [0.25, 0.3) is 0 Å². The minimum absolute atomic E-state index is 0.0132. The highest BCUT2D eigenvalue weighted by Crippen LogP contribution is 2.10. The average molecular weight is 293 g/mol. The van der Waals surface area contributed by atoms with Gasteiger partial charge in [-0.05, 0) is 31.0 Å². The number of carbonyl (C=O) groups excluding carboxylic acids is 1. The van der Waals surface area contributed by atoms with Gasteiger partial charge in [-0.15, -0.1) is 0 Å². The predicted molar refractivity (Wildman–Crippen MR) is 76.5 cm³/mol. The van der Waals surface area contributed by atoms with Gasteiger partial charge in [0.15, 0.2) is 5.78 Å². The van der Waals surface area contributed by atoms with Crippen LogP contribution >= 0.6 is 11.6 Å². The molecule has 0 saturated carbocycles. The van der Waals surface area contributed by atoms with Crippen molar-refractivity contribution in [2.24, 2.45) is 0 Å². The lowest BCUT2D eigenvalue weighted by molar-refractivity contribution is 0.101. The molecule has 2 rings (SSSR count). The van der Waals surface area contributed by atoms with Gasteiger partial charge in [0.2, 0.25) is 0 Å². The largest absolute Gasteiger partial charge is 0.328 e. The molecule has 104 valence electrons. The molecule has 0 unspecified atom stereocenters. The Kier molecular flexibility index (Phi) is 4.20. The zero-order valence-electron chi connectivity index (χ0n) is 10.9. The lowest BCUT2D eigenvalue weighted by atomic mass is 10.1. The molecule has 20 heavy (non-hydrogen) atoms. The molecule has 0 aliphatic heterocycles. The normalized spacial score (nSPS) is 10.5. The highest BCUT2D eigenvalue weighted by atomic mass is 35.5. The summed E-state index contributed by atoms with van der Waals surface area (Å²) < 4.78 is 1.03. The van der Waals surface area contributed by atoms with E-state index in [2.05, 4.69) is 4.98 Å². The van der Waals surface area contributed by atoms with E-state index in [-0.39, 0.29) is 17.9 Å². The fourth-order valence-electron chi connectivity index (χ4n) is 1.86.